The summed E-state index contributed by atoms with van der Waals surface area (Å²) < 4.78 is 26.0. The molecule has 0 N–H and O–H groups in total. The highest BCUT2D eigenvalue weighted by molar-refractivity contribution is 7.83. The van der Waals surface area contributed by atoms with Crippen LogP contribution in [0.3, 0.4) is 0 Å². The molecule has 7 heteroatoms. The van der Waals surface area contributed by atoms with Crippen LogP contribution in [0.25, 0.3) is 22.6 Å². The summed E-state index contributed by atoms with van der Waals surface area (Å²) in [6.45, 7) is 10.7. The van der Waals surface area contributed by atoms with Crippen LogP contribution in [0.4, 0.5) is 0 Å². The Morgan fingerprint density at radius 1 is 1.21 bits per heavy atom. The summed E-state index contributed by atoms with van der Waals surface area (Å²) in [6.07, 6.45) is 5.06. The van der Waals surface area contributed by atoms with Gasteiger partial charge in [-0.1, -0.05) is 13.3 Å². The van der Waals surface area contributed by atoms with Crippen molar-refractivity contribution >= 4 is 22.0 Å². The van der Waals surface area contributed by atoms with E-state index < -0.39 is 11.0 Å². The first kappa shape index (κ1) is 21.5. The number of fused-ring (bicyclic) bond motifs is 1. The third-order valence-electron chi connectivity index (χ3n) is 5.00. The van der Waals surface area contributed by atoms with Crippen molar-refractivity contribution in [1.29, 1.82) is 0 Å². The topological polar surface area (TPSA) is 66.2 Å². The van der Waals surface area contributed by atoms with Crippen LogP contribution in [0.15, 0.2) is 24.4 Å². The van der Waals surface area contributed by atoms with Gasteiger partial charge in [-0.05, 0) is 63.4 Å². The fourth-order valence-corrected chi connectivity index (χ4v) is 3.99. The second-order valence-corrected chi connectivity index (χ2v) is 8.48. The summed E-state index contributed by atoms with van der Waals surface area (Å²) in [6, 6.07) is 5.88. The van der Waals surface area contributed by atoms with Crippen molar-refractivity contribution < 1.29 is 13.7 Å². The van der Waals surface area contributed by atoms with E-state index in [0.29, 0.717) is 23.9 Å². The molecule has 29 heavy (non-hydrogen) atoms. The Morgan fingerprint density at radius 3 is 2.62 bits per heavy atom. The Kier molecular flexibility index (Phi) is 6.70. The van der Waals surface area contributed by atoms with Gasteiger partial charge in [0.2, 0.25) is 0 Å². The number of ether oxygens (including phenoxy) is 2. The highest BCUT2D eigenvalue weighted by Gasteiger charge is 2.21. The molecule has 0 bridgehead atoms. The number of benzene rings is 1. The van der Waals surface area contributed by atoms with Gasteiger partial charge in [0.1, 0.15) is 22.4 Å². The second kappa shape index (κ2) is 9.05. The lowest BCUT2D eigenvalue weighted by Crippen LogP contribution is -2.18. The van der Waals surface area contributed by atoms with E-state index in [1.54, 1.807) is 16.4 Å². The SMILES string of the molecule is CCCCOC(C)Oc1ccnc(-c2nc3cc(C)c(C)cc3n2S(C)=O)c1C. The third kappa shape index (κ3) is 4.51. The van der Waals surface area contributed by atoms with Crippen LogP contribution in [0.2, 0.25) is 0 Å². The number of rotatable bonds is 8. The number of imidazole rings is 1. The molecule has 2 atom stereocenters. The summed E-state index contributed by atoms with van der Waals surface area (Å²) in [5.74, 6) is 1.26. The number of unbranched alkanes of at least 4 members (excludes halogenated alkanes) is 1. The first-order valence-corrected chi connectivity index (χ1v) is 11.4. The average molecular weight is 416 g/mol. The molecule has 0 amide bonds. The second-order valence-electron chi connectivity index (χ2n) is 7.27. The predicted octanol–water partition coefficient (Wildman–Crippen LogP) is 4.71. The minimum Gasteiger partial charge on any atom is -0.465 e. The minimum atomic E-state index is -1.28. The van der Waals surface area contributed by atoms with Gasteiger partial charge in [-0.15, -0.1) is 0 Å². The zero-order valence-electron chi connectivity index (χ0n) is 18.0. The molecule has 6 nitrogen and oxygen atoms in total. The van der Waals surface area contributed by atoms with Gasteiger partial charge in [-0.2, -0.15) is 0 Å². The molecule has 156 valence electrons. The number of aryl methyl sites for hydroxylation is 2. The van der Waals surface area contributed by atoms with E-state index in [-0.39, 0.29) is 6.29 Å². The van der Waals surface area contributed by atoms with Crippen LogP contribution >= 0.6 is 0 Å². The summed E-state index contributed by atoms with van der Waals surface area (Å²) in [7, 11) is -1.28. The van der Waals surface area contributed by atoms with Gasteiger partial charge in [-0.3, -0.25) is 4.98 Å². The molecule has 0 aliphatic carbocycles. The Balaban J connectivity index is 2.04. The van der Waals surface area contributed by atoms with Crippen molar-refractivity contribution in [3.05, 3.63) is 41.1 Å². The molecule has 0 radical (unpaired) electrons. The van der Waals surface area contributed by atoms with Crippen LogP contribution in [-0.2, 0) is 15.7 Å². The summed E-state index contributed by atoms with van der Waals surface area (Å²) in [4.78, 5) is 9.30. The molecule has 0 spiro atoms. The molecule has 0 saturated heterocycles. The smallest absolute Gasteiger partial charge is 0.196 e. The minimum absolute atomic E-state index is 0.361. The van der Waals surface area contributed by atoms with Gasteiger partial charge in [-0.25, -0.2) is 13.2 Å². The van der Waals surface area contributed by atoms with Gasteiger partial charge in [0.25, 0.3) is 0 Å². The maximum Gasteiger partial charge on any atom is 0.196 e. The van der Waals surface area contributed by atoms with Gasteiger partial charge in [0.05, 0.1) is 17.6 Å². The van der Waals surface area contributed by atoms with Crippen LogP contribution in [0.5, 0.6) is 5.75 Å². The van der Waals surface area contributed by atoms with E-state index in [1.807, 2.05) is 45.9 Å². The number of hydrogen-bond acceptors (Lipinski definition) is 5. The zero-order valence-corrected chi connectivity index (χ0v) is 18.8. The van der Waals surface area contributed by atoms with Crippen LogP contribution in [0.1, 0.15) is 43.4 Å². The Bertz CT molecular complexity index is 1050. The molecule has 2 heterocycles. The normalized spacial score (nSPS) is 13.6. The standard InChI is InChI=1S/C22H29N3O3S/c1-7-8-11-27-17(5)28-20-9-10-23-21(16(20)4)22-24-18-12-14(2)15(3)13-19(18)25(22)29(6)26/h9-10,12-13,17H,7-8,11H2,1-6H3. The van der Waals surface area contributed by atoms with Crippen LogP contribution < -0.4 is 4.74 Å². The Morgan fingerprint density at radius 2 is 1.93 bits per heavy atom. The molecule has 3 rings (SSSR count). The summed E-state index contributed by atoms with van der Waals surface area (Å²) >= 11 is 0. The number of aromatic nitrogens is 3. The highest BCUT2D eigenvalue weighted by atomic mass is 32.2. The van der Waals surface area contributed by atoms with Gasteiger partial charge in [0.15, 0.2) is 12.1 Å². The first-order valence-electron chi connectivity index (χ1n) is 9.91. The average Bonchev–Trinajstić information content (AvgIpc) is 3.02. The van der Waals surface area contributed by atoms with Crippen LogP contribution in [-0.4, -0.2) is 37.3 Å². The van der Waals surface area contributed by atoms with E-state index in [4.69, 9.17) is 14.5 Å². The largest absolute Gasteiger partial charge is 0.465 e. The maximum absolute atomic E-state index is 12.6. The monoisotopic (exact) mass is 415 g/mol. The quantitative estimate of drug-likeness (QED) is 0.394. The van der Waals surface area contributed by atoms with Gasteiger partial charge >= 0.3 is 0 Å². The molecule has 3 aromatic rings. The maximum atomic E-state index is 12.6. The van der Waals surface area contributed by atoms with Gasteiger partial charge < -0.3 is 9.47 Å². The van der Waals surface area contributed by atoms with E-state index in [1.165, 1.54) is 0 Å². The van der Waals surface area contributed by atoms with Crippen molar-refractivity contribution in [1.82, 2.24) is 13.9 Å². The van der Waals surface area contributed by atoms with Gasteiger partial charge in [0, 0.05) is 18.0 Å². The lowest BCUT2D eigenvalue weighted by Gasteiger charge is -2.18. The van der Waals surface area contributed by atoms with Crippen molar-refractivity contribution in [3.8, 4) is 17.3 Å². The number of pyridine rings is 1. The highest BCUT2D eigenvalue weighted by Crippen LogP contribution is 2.32. The molecule has 0 fully saturated rings. The summed E-state index contributed by atoms with van der Waals surface area (Å²) in [5.41, 5.74) is 5.43. The van der Waals surface area contributed by atoms with E-state index in [0.717, 1.165) is 40.6 Å². The summed E-state index contributed by atoms with van der Waals surface area (Å²) in [5, 5.41) is 0. The molecule has 0 saturated carbocycles. The Hall–Kier alpha value is -2.25. The Labute approximate surface area is 174 Å². The lowest BCUT2D eigenvalue weighted by atomic mass is 10.1. The molecule has 1 aromatic carbocycles. The fraction of sp³-hybridized carbons (Fsp3) is 0.455. The van der Waals surface area contributed by atoms with Crippen molar-refractivity contribution in [2.75, 3.05) is 12.9 Å². The van der Waals surface area contributed by atoms with Crippen molar-refractivity contribution in [2.24, 2.45) is 0 Å². The van der Waals surface area contributed by atoms with E-state index in [9.17, 15) is 4.21 Å². The zero-order chi connectivity index (χ0) is 21.1. The third-order valence-corrected chi connectivity index (χ3v) is 5.88. The number of hydrogen-bond donors (Lipinski definition) is 0. The fourth-order valence-electron chi connectivity index (χ4n) is 3.20. The molecular weight excluding hydrogens is 386 g/mol. The molecule has 0 aliphatic rings. The van der Waals surface area contributed by atoms with Crippen molar-refractivity contribution in [2.45, 2.75) is 53.8 Å². The lowest BCUT2D eigenvalue weighted by molar-refractivity contribution is -0.0677. The van der Waals surface area contributed by atoms with E-state index >= 15 is 0 Å². The molecule has 2 unspecified atom stereocenters. The molecule has 2 aromatic heterocycles. The first-order chi connectivity index (χ1) is 13.8. The van der Waals surface area contributed by atoms with Crippen LogP contribution in [0, 0.1) is 20.8 Å². The predicted molar refractivity (Wildman–Crippen MR) is 118 cm³/mol. The van der Waals surface area contributed by atoms with Crippen molar-refractivity contribution in [3.63, 3.8) is 0 Å². The van der Waals surface area contributed by atoms with E-state index in [2.05, 4.69) is 11.9 Å². The number of nitrogens with zero attached hydrogens (tertiary/aromatic N) is 3. The molecular formula is C22H29N3O3S. The molecule has 0 aliphatic heterocycles.